The molecule has 1 amide bonds. The highest BCUT2D eigenvalue weighted by molar-refractivity contribution is 6.01. The largest absolute Gasteiger partial charge is 0.478 e. The number of nitrogens with one attached hydrogen (secondary N) is 1. The zero-order chi connectivity index (χ0) is 9.68. The highest BCUT2D eigenvalue weighted by Gasteiger charge is 2.00. The molecule has 1 aromatic rings. The number of amides is 1. The predicted octanol–water partition coefficient (Wildman–Crippen LogP) is 0.254. The first-order chi connectivity index (χ1) is 6.18. The van der Waals surface area contributed by atoms with Crippen LogP contribution in [-0.2, 0) is 9.59 Å². The smallest absolute Gasteiger partial charge is 0.328 e. The molecule has 0 aliphatic heterocycles. The van der Waals surface area contributed by atoms with Crippen LogP contribution < -0.4 is 5.32 Å². The van der Waals surface area contributed by atoms with Crippen LogP contribution in [0.1, 0.15) is 0 Å². The summed E-state index contributed by atoms with van der Waals surface area (Å²) in [5.74, 6) is -1.80. The van der Waals surface area contributed by atoms with Gasteiger partial charge in [-0.05, 0) is 0 Å². The van der Waals surface area contributed by atoms with E-state index in [2.05, 4.69) is 14.7 Å². The molecular weight excluding hydrogens is 176 g/mol. The van der Waals surface area contributed by atoms with E-state index in [9.17, 15) is 9.59 Å². The predicted molar refractivity (Wildman–Crippen MR) is 41.9 cm³/mol. The van der Waals surface area contributed by atoms with Gasteiger partial charge in [0.2, 0.25) is 0 Å². The zero-order valence-corrected chi connectivity index (χ0v) is 6.43. The number of carboxylic acids is 1. The number of aromatic nitrogens is 1. The highest BCUT2D eigenvalue weighted by Crippen LogP contribution is 2.00. The normalized spacial score (nSPS) is 10.2. The molecule has 13 heavy (non-hydrogen) atoms. The van der Waals surface area contributed by atoms with Crippen molar-refractivity contribution in [1.82, 2.24) is 4.98 Å². The first-order valence-electron chi connectivity index (χ1n) is 3.30. The van der Waals surface area contributed by atoms with E-state index in [4.69, 9.17) is 5.11 Å². The van der Waals surface area contributed by atoms with Crippen molar-refractivity contribution in [2.75, 3.05) is 5.32 Å². The van der Waals surface area contributed by atoms with Crippen molar-refractivity contribution in [2.24, 2.45) is 0 Å². The molecule has 0 atom stereocenters. The fraction of sp³-hybridized carbons (Fsp3) is 0. The van der Waals surface area contributed by atoms with Gasteiger partial charge in [-0.15, -0.1) is 0 Å². The summed E-state index contributed by atoms with van der Waals surface area (Å²) in [7, 11) is 0. The molecule has 0 aliphatic carbocycles. The lowest BCUT2D eigenvalue weighted by Crippen LogP contribution is -2.08. The van der Waals surface area contributed by atoms with Crippen molar-refractivity contribution < 1.29 is 19.1 Å². The highest BCUT2D eigenvalue weighted by atomic mass is 16.4. The quantitative estimate of drug-likeness (QED) is 0.654. The molecule has 0 fully saturated rings. The third-order valence-corrected chi connectivity index (χ3v) is 1.04. The second-order valence-corrected chi connectivity index (χ2v) is 2.00. The van der Waals surface area contributed by atoms with Gasteiger partial charge in [0.05, 0.1) is 6.20 Å². The minimum absolute atomic E-state index is 0.0278. The Morgan fingerprint density at radius 1 is 1.54 bits per heavy atom. The van der Waals surface area contributed by atoms with Crippen molar-refractivity contribution in [1.29, 1.82) is 0 Å². The average molecular weight is 182 g/mol. The second kappa shape index (κ2) is 4.05. The van der Waals surface area contributed by atoms with Crippen LogP contribution in [0.3, 0.4) is 0 Å². The first kappa shape index (κ1) is 8.98. The van der Waals surface area contributed by atoms with E-state index in [0.29, 0.717) is 0 Å². The molecule has 1 heterocycles. The minimum Gasteiger partial charge on any atom is -0.478 e. The summed E-state index contributed by atoms with van der Waals surface area (Å²) in [6.45, 7) is 0. The Bertz CT molecular complexity index is 328. The van der Waals surface area contributed by atoms with Crippen LogP contribution in [0, 0.1) is 0 Å². The van der Waals surface area contributed by atoms with Crippen LogP contribution in [0.25, 0.3) is 0 Å². The SMILES string of the molecule is O=C(O)/C=C/C(=O)Nc1ncco1. The summed E-state index contributed by atoms with van der Waals surface area (Å²) < 4.78 is 4.69. The van der Waals surface area contributed by atoms with Crippen molar-refractivity contribution in [3.8, 4) is 0 Å². The number of carboxylic acid groups (broad SMARTS) is 1. The fourth-order valence-electron chi connectivity index (χ4n) is 0.579. The van der Waals surface area contributed by atoms with Crippen LogP contribution in [0.15, 0.2) is 29.0 Å². The molecule has 0 spiro atoms. The fourth-order valence-corrected chi connectivity index (χ4v) is 0.579. The van der Waals surface area contributed by atoms with E-state index < -0.39 is 11.9 Å². The Kier molecular flexibility index (Phi) is 2.80. The molecule has 0 aromatic carbocycles. The molecule has 0 aliphatic rings. The van der Waals surface area contributed by atoms with Crippen molar-refractivity contribution >= 4 is 17.9 Å². The number of aliphatic carboxylic acids is 1. The molecule has 0 bridgehead atoms. The summed E-state index contributed by atoms with van der Waals surface area (Å²) in [5.41, 5.74) is 0. The summed E-state index contributed by atoms with van der Waals surface area (Å²) in [6.07, 6.45) is 4.23. The van der Waals surface area contributed by atoms with Crippen LogP contribution in [0.4, 0.5) is 6.01 Å². The van der Waals surface area contributed by atoms with Gasteiger partial charge in [-0.25, -0.2) is 9.78 Å². The summed E-state index contributed by atoms with van der Waals surface area (Å²) >= 11 is 0. The number of carbonyl (C=O) groups excluding carboxylic acids is 1. The van der Waals surface area contributed by atoms with Crippen LogP contribution in [0.5, 0.6) is 0 Å². The van der Waals surface area contributed by atoms with E-state index >= 15 is 0 Å². The lowest BCUT2D eigenvalue weighted by atomic mass is 10.5. The maximum atomic E-state index is 10.9. The molecule has 0 unspecified atom stereocenters. The number of nitrogens with zero attached hydrogens (tertiary/aromatic N) is 1. The molecule has 2 N–H and O–H groups in total. The number of hydrogen-bond donors (Lipinski definition) is 2. The minimum atomic E-state index is -1.19. The monoisotopic (exact) mass is 182 g/mol. The molecular formula is C7H6N2O4. The molecule has 0 saturated carbocycles. The van der Waals surface area contributed by atoms with Gasteiger partial charge >= 0.3 is 12.0 Å². The molecule has 68 valence electrons. The molecule has 0 saturated heterocycles. The number of oxazole rings is 1. The molecule has 6 nitrogen and oxygen atoms in total. The van der Waals surface area contributed by atoms with Crippen LogP contribution in [-0.4, -0.2) is 22.0 Å². The van der Waals surface area contributed by atoms with Gasteiger partial charge in [-0.1, -0.05) is 0 Å². The Morgan fingerprint density at radius 2 is 2.31 bits per heavy atom. The van der Waals surface area contributed by atoms with Crippen molar-refractivity contribution in [3.05, 3.63) is 24.6 Å². The van der Waals surface area contributed by atoms with E-state index in [1.54, 1.807) is 0 Å². The summed E-state index contributed by atoms with van der Waals surface area (Å²) in [5, 5.41) is 10.4. The number of anilines is 1. The van der Waals surface area contributed by atoms with E-state index in [1.807, 2.05) is 0 Å². The first-order valence-corrected chi connectivity index (χ1v) is 3.30. The molecule has 0 radical (unpaired) electrons. The van der Waals surface area contributed by atoms with Crippen molar-refractivity contribution in [2.45, 2.75) is 0 Å². The Balaban J connectivity index is 2.47. The molecule has 1 aromatic heterocycles. The number of rotatable bonds is 3. The Hall–Kier alpha value is -2.11. The third kappa shape index (κ3) is 3.19. The van der Waals surface area contributed by atoms with Gasteiger partial charge in [0.1, 0.15) is 6.26 Å². The maximum absolute atomic E-state index is 10.9. The summed E-state index contributed by atoms with van der Waals surface area (Å²) in [6, 6.07) is 0.0278. The average Bonchev–Trinajstić information content (AvgIpc) is 2.53. The Labute approximate surface area is 72.9 Å². The standard InChI is InChI=1S/C7H6N2O4/c10-5(1-2-6(11)12)9-7-8-3-4-13-7/h1-4H,(H,11,12)(H,8,9,10)/b2-1+. The van der Waals surface area contributed by atoms with Crippen molar-refractivity contribution in [3.63, 3.8) is 0 Å². The van der Waals surface area contributed by atoms with Gasteiger partial charge in [0.15, 0.2) is 0 Å². The molecule has 1 rings (SSSR count). The van der Waals surface area contributed by atoms with E-state index in [1.165, 1.54) is 12.5 Å². The maximum Gasteiger partial charge on any atom is 0.328 e. The topological polar surface area (TPSA) is 92.4 Å². The van der Waals surface area contributed by atoms with E-state index in [0.717, 1.165) is 12.2 Å². The lowest BCUT2D eigenvalue weighted by Gasteiger charge is -1.92. The van der Waals surface area contributed by atoms with Gasteiger partial charge < -0.3 is 9.52 Å². The van der Waals surface area contributed by atoms with E-state index in [-0.39, 0.29) is 6.01 Å². The number of hydrogen-bond acceptors (Lipinski definition) is 4. The van der Waals surface area contributed by atoms with Gasteiger partial charge in [0, 0.05) is 12.2 Å². The van der Waals surface area contributed by atoms with Crippen LogP contribution in [0.2, 0.25) is 0 Å². The summed E-state index contributed by atoms with van der Waals surface area (Å²) in [4.78, 5) is 24.5. The van der Waals surface area contributed by atoms with Gasteiger partial charge in [0.25, 0.3) is 5.91 Å². The Morgan fingerprint density at radius 3 is 2.85 bits per heavy atom. The second-order valence-electron chi connectivity index (χ2n) is 2.00. The lowest BCUT2D eigenvalue weighted by molar-refractivity contribution is -0.131. The number of carbonyl (C=O) groups is 2. The zero-order valence-electron chi connectivity index (χ0n) is 6.43. The van der Waals surface area contributed by atoms with Crippen LogP contribution >= 0.6 is 0 Å². The third-order valence-electron chi connectivity index (χ3n) is 1.04. The van der Waals surface area contributed by atoms with Gasteiger partial charge in [-0.3, -0.25) is 10.1 Å². The van der Waals surface area contributed by atoms with Gasteiger partial charge in [-0.2, -0.15) is 0 Å². The molecule has 6 heteroatoms.